The van der Waals surface area contributed by atoms with Gasteiger partial charge in [0.15, 0.2) is 11.6 Å². The molecule has 0 aliphatic carbocycles. The van der Waals surface area contributed by atoms with Gasteiger partial charge >= 0.3 is 12.4 Å². The Labute approximate surface area is 191 Å². The average Bonchev–Trinajstić information content (AvgIpc) is 3.32. The lowest BCUT2D eigenvalue weighted by atomic mass is 10.1. The maximum atomic E-state index is 13.2. The molecule has 0 fully saturated rings. The average molecular weight is 476 g/mol. The van der Waals surface area contributed by atoms with Crippen LogP contribution in [-0.4, -0.2) is 53.3 Å². The number of hydrogen-bond donors (Lipinski definition) is 2. The molecule has 1 aliphatic heterocycles. The Morgan fingerprint density at radius 2 is 2.00 bits per heavy atom. The van der Waals surface area contributed by atoms with Crippen molar-refractivity contribution >= 4 is 23.4 Å². The van der Waals surface area contributed by atoms with E-state index in [4.69, 9.17) is 4.74 Å². The number of fused-ring (bicyclic) bond motifs is 1. The van der Waals surface area contributed by atoms with E-state index in [2.05, 4.69) is 25.5 Å². The molecule has 3 amide bonds. The quantitative estimate of drug-likeness (QED) is 0.566. The Morgan fingerprint density at radius 3 is 2.65 bits per heavy atom. The van der Waals surface area contributed by atoms with E-state index < -0.39 is 30.1 Å². The molecule has 10 nitrogen and oxygen atoms in total. The van der Waals surface area contributed by atoms with Gasteiger partial charge in [-0.2, -0.15) is 5.10 Å². The molecular weight excluding hydrogens is 457 g/mol. The van der Waals surface area contributed by atoms with Crippen LogP contribution in [0.15, 0.2) is 54.9 Å². The second-order valence-corrected chi connectivity index (χ2v) is 7.20. The van der Waals surface area contributed by atoms with Gasteiger partial charge in [0.2, 0.25) is 5.91 Å². The molecule has 13 heteroatoms. The van der Waals surface area contributed by atoms with Crippen LogP contribution in [0.2, 0.25) is 0 Å². The van der Waals surface area contributed by atoms with Gasteiger partial charge in [-0.15, -0.1) is 13.2 Å². The van der Waals surface area contributed by atoms with Crippen molar-refractivity contribution in [2.45, 2.75) is 12.4 Å². The number of nitrogens with one attached hydrogen (secondary N) is 2. The van der Waals surface area contributed by atoms with Crippen molar-refractivity contribution < 1.29 is 32.2 Å². The number of urea groups is 1. The summed E-state index contributed by atoms with van der Waals surface area (Å²) in [6.07, 6.45) is -1.55. The normalized spacial score (nSPS) is 14.2. The van der Waals surface area contributed by atoms with Crippen LogP contribution in [0.3, 0.4) is 0 Å². The van der Waals surface area contributed by atoms with Gasteiger partial charge in [0, 0.05) is 19.5 Å². The summed E-state index contributed by atoms with van der Waals surface area (Å²) >= 11 is 0. The topological polar surface area (TPSA) is 111 Å². The molecule has 3 aromatic rings. The van der Waals surface area contributed by atoms with E-state index in [1.54, 1.807) is 30.6 Å². The van der Waals surface area contributed by atoms with Crippen molar-refractivity contribution in [3.8, 4) is 11.6 Å². The standard InChI is InChI=1S/C21H19F3N6O4/c1-33-12-16(13-3-5-14(6-4-13)34-21(22,23)24)27-20(32)29-11-18(31)26-15-7-8-17(28-19(15)29)30-10-2-9-25-30/h2-10,16H,11-12H2,1H3,(H,26,31)(H,27,32)/t16-/m1/s1. The van der Waals surface area contributed by atoms with Crippen LogP contribution in [0, 0.1) is 0 Å². The Hall–Kier alpha value is -4.13. The molecule has 3 heterocycles. The lowest BCUT2D eigenvalue weighted by molar-refractivity contribution is -0.274. The highest BCUT2D eigenvalue weighted by molar-refractivity contribution is 6.08. The first-order chi connectivity index (χ1) is 16.2. The molecule has 1 aliphatic rings. The second kappa shape index (κ2) is 9.39. The maximum absolute atomic E-state index is 13.2. The summed E-state index contributed by atoms with van der Waals surface area (Å²) in [6.45, 7) is -0.259. The zero-order valence-corrected chi connectivity index (χ0v) is 17.7. The first kappa shape index (κ1) is 23.0. The van der Waals surface area contributed by atoms with Crippen molar-refractivity contribution in [3.05, 3.63) is 60.4 Å². The summed E-state index contributed by atoms with van der Waals surface area (Å²) in [5, 5.41) is 9.53. The summed E-state index contributed by atoms with van der Waals surface area (Å²) in [6, 6.07) is 8.66. The van der Waals surface area contributed by atoms with Gasteiger partial charge in [-0.3, -0.25) is 9.69 Å². The van der Waals surface area contributed by atoms with Crippen LogP contribution in [0.25, 0.3) is 5.82 Å². The zero-order valence-electron chi connectivity index (χ0n) is 17.7. The molecule has 0 bridgehead atoms. The van der Waals surface area contributed by atoms with Crippen LogP contribution >= 0.6 is 0 Å². The third-order valence-electron chi connectivity index (χ3n) is 4.82. The molecule has 1 atom stereocenters. The number of carbonyl (C=O) groups is 2. The summed E-state index contributed by atoms with van der Waals surface area (Å²) in [7, 11) is 1.42. The number of carbonyl (C=O) groups excluding carboxylic acids is 2. The predicted molar refractivity (Wildman–Crippen MR) is 114 cm³/mol. The fourth-order valence-electron chi connectivity index (χ4n) is 3.37. The van der Waals surface area contributed by atoms with Crippen molar-refractivity contribution in [2.75, 3.05) is 30.5 Å². The van der Waals surface area contributed by atoms with Crippen molar-refractivity contribution in [1.29, 1.82) is 0 Å². The molecule has 0 saturated heterocycles. The summed E-state index contributed by atoms with van der Waals surface area (Å²) in [4.78, 5) is 31.0. The number of anilines is 2. The van der Waals surface area contributed by atoms with Crippen molar-refractivity contribution in [1.82, 2.24) is 20.1 Å². The molecule has 0 saturated carbocycles. The van der Waals surface area contributed by atoms with Crippen LogP contribution in [0.4, 0.5) is 29.5 Å². The van der Waals surface area contributed by atoms with Gasteiger partial charge in [-0.25, -0.2) is 14.5 Å². The van der Waals surface area contributed by atoms with Crippen LogP contribution in [-0.2, 0) is 9.53 Å². The van der Waals surface area contributed by atoms with E-state index in [1.807, 2.05) is 0 Å². The highest BCUT2D eigenvalue weighted by Crippen LogP contribution is 2.29. The molecule has 0 unspecified atom stereocenters. The van der Waals surface area contributed by atoms with E-state index in [1.165, 1.54) is 28.8 Å². The van der Waals surface area contributed by atoms with Gasteiger partial charge in [-0.05, 0) is 35.9 Å². The Morgan fingerprint density at radius 1 is 1.24 bits per heavy atom. The number of pyridine rings is 1. The molecule has 4 rings (SSSR count). The van der Waals surface area contributed by atoms with Crippen molar-refractivity contribution in [2.24, 2.45) is 0 Å². The minimum atomic E-state index is -4.81. The molecule has 1 aromatic carbocycles. The minimum Gasteiger partial charge on any atom is -0.406 e. The maximum Gasteiger partial charge on any atom is 0.573 e. The number of amides is 3. The summed E-state index contributed by atoms with van der Waals surface area (Å²) in [5.74, 6) is -0.148. The number of hydrogen-bond acceptors (Lipinski definition) is 6. The SMILES string of the molecule is COC[C@@H](NC(=O)N1CC(=O)Nc2ccc(-n3cccn3)nc21)c1ccc(OC(F)(F)F)cc1. The number of nitrogens with zero attached hydrogens (tertiary/aromatic N) is 4. The molecule has 0 radical (unpaired) electrons. The van der Waals surface area contributed by atoms with Crippen LogP contribution < -0.4 is 20.3 Å². The van der Waals surface area contributed by atoms with E-state index >= 15 is 0 Å². The molecule has 2 aromatic heterocycles. The lowest BCUT2D eigenvalue weighted by Crippen LogP contribution is -2.49. The van der Waals surface area contributed by atoms with Gasteiger partial charge in [-0.1, -0.05) is 12.1 Å². The van der Waals surface area contributed by atoms with Crippen LogP contribution in [0.1, 0.15) is 11.6 Å². The van der Waals surface area contributed by atoms with Crippen molar-refractivity contribution in [3.63, 3.8) is 0 Å². The Kier molecular flexibility index (Phi) is 6.36. The third kappa shape index (κ3) is 5.26. The number of aromatic nitrogens is 3. The third-order valence-corrected chi connectivity index (χ3v) is 4.82. The minimum absolute atomic E-state index is 0.0267. The number of halogens is 3. The number of ether oxygens (including phenoxy) is 2. The fourth-order valence-corrected chi connectivity index (χ4v) is 3.37. The van der Waals surface area contributed by atoms with E-state index in [0.717, 1.165) is 12.1 Å². The van der Waals surface area contributed by atoms with Gasteiger partial charge in [0.1, 0.15) is 12.3 Å². The van der Waals surface area contributed by atoms with Gasteiger partial charge in [0.25, 0.3) is 0 Å². The largest absolute Gasteiger partial charge is 0.573 e. The van der Waals surface area contributed by atoms with E-state index in [-0.39, 0.29) is 19.0 Å². The first-order valence-electron chi connectivity index (χ1n) is 9.97. The van der Waals surface area contributed by atoms with Crippen LogP contribution in [0.5, 0.6) is 5.75 Å². The van der Waals surface area contributed by atoms with Gasteiger partial charge in [0.05, 0.1) is 18.3 Å². The number of methoxy groups -OCH3 is 1. The summed E-state index contributed by atoms with van der Waals surface area (Å²) in [5.41, 5.74) is 0.823. The Balaban J connectivity index is 1.57. The second-order valence-electron chi connectivity index (χ2n) is 7.20. The van der Waals surface area contributed by atoms with E-state index in [0.29, 0.717) is 17.1 Å². The predicted octanol–water partition coefficient (Wildman–Crippen LogP) is 3.02. The van der Waals surface area contributed by atoms with Gasteiger partial charge < -0.3 is 20.1 Å². The lowest BCUT2D eigenvalue weighted by Gasteiger charge is -2.30. The first-order valence-corrected chi connectivity index (χ1v) is 9.97. The highest BCUT2D eigenvalue weighted by Gasteiger charge is 2.32. The molecule has 2 N–H and O–H groups in total. The fraction of sp³-hybridized carbons (Fsp3) is 0.238. The molecular formula is C21H19F3N6O4. The highest BCUT2D eigenvalue weighted by atomic mass is 19.4. The monoisotopic (exact) mass is 476 g/mol. The molecule has 178 valence electrons. The smallest absolute Gasteiger partial charge is 0.406 e. The summed E-state index contributed by atoms with van der Waals surface area (Å²) < 4.78 is 47.8. The number of rotatable bonds is 6. The van der Waals surface area contributed by atoms with E-state index in [9.17, 15) is 22.8 Å². The number of alkyl halides is 3. The Bertz CT molecular complexity index is 1170. The molecule has 34 heavy (non-hydrogen) atoms. The zero-order chi connectivity index (χ0) is 24.3. The number of benzene rings is 1. The molecule has 0 spiro atoms.